The van der Waals surface area contributed by atoms with E-state index in [2.05, 4.69) is 52.0 Å². The average molecular weight is 222 g/mol. The molecule has 0 heterocycles. The first kappa shape index (κ1) is 17.6. The van der Waals surface area contributed by atoms with Crippen LogP contribution in [0.3, 0.4) is 0 Å². The van der Waals surface area contributed by atoms with Crippen molar-refractivity contribution in [3.63, 3.8) is 0 Å². The molecule has 0 saturated carbocycles. The van der Waals surface area contributed by atoms with Gasteiger partial charge in [0, 0.05) is 0 Å². The van der Waals surface area contributed by atoms with E-state index in [1.807, 2.05) is 27.7 Å². The average Bonchev–Trinajstić information content (AvgIpc) is 2.34. The third-order valence-electron chi connectivity index (χ3n) is 2.24. The van der Waals surface area contributed by atoms with Crippen LogP contribution < -0.4 is 0 Å². The highest BCUT2D eigenvalue weighted by atomic mass is 14.1. The highest BCUT2D eigenvalue weighted by Gasteiger charge is 2.02. The quantitative estimate of drug-likeness (QED) is 0.577. The van der Waals surface area contributed by atoms with Crippen LogP contribution in [0.15, 0.2) is 24.3 Å². The molecule has 94 valence electrons. The van der Waals surface area contributed by atoms with E-state index in [1.54, 1.807) is 0 Å². The Kier molecular flexibility index (Phi) is 11.8. The molecule has 0 spiro atoms. The van der Waals surface area contributed by atoms with Crippen molar-refractivity contribution in [3.8, 4) is 0 Å². The van der Waals surface area contributed by atoms with Crippen molar-refractivity contribution in [1.82, 2.24) is 0 Å². The fourth-order valence-corrected chi connectivity index (χ4v) is 1.28. The van der Waals surface area contributed by atoms with Crippen LogP contribution in [0.1, 0.15) is 78.4 Å². The van der Waals surface area contributed by atoms with Crippen molar-refractivity contribution in [2.24, 2.45) is 0 Å². The Morgan fingerprint density at radius 2 is 1.00 bits per heavy atom. The van der Waals surface area contributed by atoms with Crippen LogP contribution in [0.4, 0.5) is 0 Å². The first-order valence-electron chi connectivity index (χ1n) is 6.71. The molecule has 0 aliphatic carbocycles. The van der Waals surface area contributed by atoms with E-state index in [4.69, 9.17) is 0 Å². The molecule has 0 unspecified atom stereocenters. The Balaban J connectivity index is 0. The van der Waals surface area contributed by atoms with Crippen molar-refractivity contribution < 1.29 is 0 Å². The van der Waals surface area contributed by atoms with Gasteiger partial charge in [-0.2, -0.15) is 0 Å². The monoisotopic (exact) mass is 222 g/mol. The maximum Gasteiger partial charge on any atom is -0.0219 e. The van der Waals surface area contributed by atoms with Crippen molar-refractivity contribution in [2.75, 3.05) is 0 Å². The molecule has 1 aromatic carbocycles. The van der Waals surface area contributed by atoms with Gasteiger partial charge in [0.15, 0.2) is 0 Å². The Bertz CT molecular complexity index is 223. The third-order valence-corrected chi connectivity index (χ3v) is 2.24. The van der Waals surface area contributed by atoms with E-state index in [-0.39, 0.29) is 0 Å². The van der Waals surface area contributed by atoms with Gasteiger partial charge in [-0.3, -0.25) is 0 Å². The molecule has 0 saturated heterocycles. The minimum absolute atomic E-state index is 0.642. The van der Waals surface area contributed by atoms with Crippen LogP contribution in [0.5, 0.6) is 0 Å². The fraction of sp³-hybridized carbons (Fsp3) is 0.625. The molecule has 0 N–H and O–H groups in total. The fourth-order valence-electron chi connectivity index (χ4n) is 1.28. The van der Waals surface area contributed by atoms with Gasteiger partial charge in [-0.15, -0.1) is 0 Å². The summed E-state index contributed by atoms with van der Waals surface area (Å²) in [6.07, 6.45) is 0. The lowest BCUT2D eigenvalue weighted by molar-refractivity contribution is 0.834. The number of hydrogen-bond donors (Lipinski definition) is 0. The zero-order chi connectivity index (χ0) is 13.1. The minimum atomic E-state index is 0.642. The van der Waals surface area contributed by atoms with Crippen LogP contribution in [-0.2, 0) is 0 Å². The summed E-state index contributed by atoms with van der Waals surface area (Å²) in [5.74, 6) is 1.28. The zero-order valence-electron chi connectivity index (χ0n) is 12.5. The third kappa shape index (κ3) is 6.66. The van der Waals surface area contributed by atoms with E-state index in [1.165, 1.54) is 11.1 Å². The van der Waals surface area contributed by atoms with E-state index >= 15 is 0 Å². The molecular weight excluding hydrogens is 192 g/mol. The molecule has 1 rings (SSSR count). The lowest BCUT2D eigenvalue weighted by atomic mass is 9.96. The summed E-state index contributed by atoms with van der Waals surface area (Å²) in [6.45, 7) is 16.9. The van der Waals surface area contributed by atoms with Crippen LogP contribution in [-0.4, -0.2) is 0 Å². The predicted octanol–water partition coefficient (Wildman–Crippen LogP) is 5.99. The second-order valence-electron chi connectivity index (χ2n) is 3.98. The maximum atomic E-state index is 2.31. The summed E-state index contributed by atoms with van der Waals surface area (Å²) in [4.78, 5) is 0. The zero-order valence-corrected chi connectivity index (χ0v) is 12.5. The smallest absolute Gasteiger partial charge is 0.0219 e. The first-order chi connectivity index (χ1) is 7.61. The van der Waals surface area contributed by atoms with Crippen LogP contribution in [0.25, 0.3) is 0 Å². The number of rotatable bonds is 2. The van der Waals surface area contributed by atoms with Crippen molar-refractivity contribution in [2.45, 2.75) is 67.2 Å². The molecule has 16 heavy (non-hydrogen) atoms. The summed E-state index contributed by atoms with van der Waals surface area (Å²) in [5, 5.41) is 0. The summed E-state index contributed by atoms with van der Waals surface area (Å²) in [7, 11) is 0. The summed E-state index contributed by atoms with van der Waals surface area (Å²) in [6, 6.07) is 8.88. The molecule has 0 heteroatoms. The van der Waals surface area contributed by atoms with Gasteiger partial charge in [0.2, 0.25) is 0 Å². The Morgan fingerprint density at radius 3 is 1.25 bits per heavy atom. The standard InChI is InChI=1S/C12H18.2C2H6/c1-9(2)11-6-5-7-12(8-11)10(3)4;2*1-2/h5-10H,1-4H3;2*1-2H3. The van der Waals surface area contributed by atoms with Gasteiger partial charge >= 0.3 is 0 Å². The van der Waals surface area contributed by atoms with E-state index in [0.29, 0.717) is 11.8 Å². The van der Waals surface area contributed by atoms with Crippen molar-refractivity contribution >= 4 is 0 Å². The molecule has 0 radical (unpaired) electrons. The van der Waals surface area contributed by atoms with E-state index in [0.717, 1.165) is 0 Å². The van der Waals surface area contributed by atoms with Crippen LogP contribution in [0, 0.1) is 0 Å². The summed E-state index contributed by atoms with van der Waals surface area (Å²) < 4.78 is 0. The van der Waals surface area contributed by atoms with Crippen LogP contribution >= 0.6 is 0 Å². The Morgan fingerprint density at radius 1 is 0.688 bits per heavy atom. The molecule has 0 amide bonds. The molecular formula is C16H30. The highest BCUT2D eigenvalue weighted by molar-refractivity contribution is 5.27. The number of hydrogen-bond acceptors (Lipinski definition) is 0. The molecule has 0 aliphatic heterocycles. The van der Waals surface area contributed by atoms with Gasteiger partial charge in [0.25, 0.3) is 0 Å². The maximum absolute atomic E-state index is 2.31. The second-order valence-corrected chi connectivity index (χ2v) is 3.98. The largest absolute Gasteiger partial charge is 0.0683 e. The SMILES string of the molecule is CC.CC.CC(C)c1cccc(C(C)C)c1. The Labute approximate surface area is 103 Å². The lowest BCUT2D eigenvalue weighted by Gasteiger charge is -2.09. The van der Waals surface area contributed by atoms with Crippen molar-refractivity contribution in [3.05, 3.63) is 35.4 Å². The van der Waals surface area contributed by atoms with Gasteiger partial charge in [0.05, 0.1) is 0 Å². The lowest BCUT2D eigenvalue weighted by Crippen LogP contribution is -1.91. The van der Waals surface area contributed by atoms with Gasteiger partial charge in [0.1, 0.15) is 0 Å². The molecule has 0 atom stereocenters. The first-order valence-corrected chi connectivity index (χ1v) is 6.71. The van der Waals surface area contributed by atoms with E-state index in [9.17, 15) is 0 Å². The van der Waals surface area contributed by atoms with Crippen LogP contribution in [0.2, 0.25) is 0 Å². The topological polar surface area (TPSA) is 0 Å². The van der Waals surface area contributed by atoms with Gasteiger partial charge in [-0.25, -0.2) is 0 Å². The highest BCUT2D eigenvalue weighted by Crippen LogP contribution is 2.20. The van der Waals surface area contributed by atoms with Gasteiger partial charge < -0.3 is 0 Å². The van der Waals surface area contributed by atoms with Gasteiger partial charge in [-0.05, 0) is 23.0 Å². The van der Waals surface area contributed by atoms with Gasteiger partial charge in [-0.1, -0.05) is 79.7 Å². The molecule has 0 aliphatic rings. The molecule has 1 aromatic rings. The minimum Gasteiger partial charge on any atom is -0.0683 e. The molecule has 0 bridgehead atoms. The van der Waals surface area contributed by atoms with Crippen molar-refractivity contribution in [1.29, 1.82) is 0 Å². The summed E-state index contributed by atoms with van der Waals surface area (Å²) >= 11 is 0. The molecule has 0 nitrogen and oxygen atoms in total. The number of benzene rings is 1. The molecule has 0 aromatic heterocycles. The second kappa shape index (κ2) is 10.7. The predicted molar refractivity (Wildman–Crippen MR) is 77.3 cm³/mol. The molecule has 0 fully saturated rings. The summed E-state index contributed by atoms with van der Waals surface area (Å²) in [5.41, 5.74) is 2.89. The normalized spacial score (nSPS) is 9.12. The van der Waals surface area contributed by atoms with E-state index < -0.39 is 0 Å². The Hall–Kier alpha value is -0.780.